The SMILES string of the molecule is O=C(O)CCCC(=O)c1ccccc1.O=C(O)Cc1ccc([N+](=O)[O-])cc1. The average Bonchev–Trinajstić information content (AvgIpc) is 2.62. The summed E-state index contributed by atoms with van der Waals surface area (Å²) in [4.78, 5) is 41.6. The molecule has 0 atom stereocenters. The van der Waals surface area contributed by atoms with Crippen molar-refractivity contribution in [1.29, 1.82) is 0 Å². The second-order valence-electron chi connectivity index (χ2n) is 5.53. The summed E-state index contributed by atoms with van der Waals surface area (Å²) in [5, 5.41) is 27.0. The topological polar surface area (TPSA) is 135 Å². The lowest BCUT2D eigenvalue weighted by atomic mass is 10.1. The third-order valence-electron chi connectivity index (χ3n) is 3.39. The molecule has 0 aliphatic rings. The Morgan fingerprint density at radius 3 is 1.93 bits per heavy atom. The van der Waals surface area contributed by atoms with Gasteiger partial charge >= 0.3 is 11.9 Å². The molecule has 0 heterocycles. The molecule has 0 radical (unpaired) electrons. The number of non-ortho nitro benzene ring substituents is 1. The van der Waals surface area contributed by atoms with Gasteiger partial charge in [-0.3, -0.25) is 24.5 Å². The van der Waals surface area contributed by atoms with Gasteiger partial charge in [-0.2, -0.15) is 0 Å². The second kappa shape index (κ2) is 11.1. The van der Waals surface area contributed by atoms with E-state index in [0.29, 0.717) is 24.0 Å². The lowest BCUT2D eigenvalue weighted by Gasteiger charge is -1.98. The first kappa shape index (κ1) is 21.5. The molecular formula is C19H19NO7. The van der Waals surface area contributed by atoms with Crippen molar-refractivity contribution in [3.8, 4) is 0 Å². The molecule has 0 aromatic heterocycles. The first-order valence-electron chi connectivity index (χ1n) is 8.04. The molecule has 0 spiro atoms. The van der Waals surface area contributed by atoms with Gasteiger partial charge in [-0.15, -0.1) is 0 Å². The molecule has 0 bridgehead atoms. The summed E-state index contributed by atoms with van der Waals surface area (Å²) in [6, 6.07) is 14.4. The quantitative estimate of drug-likeness (QED) is 0.411. The number of nitrogens with zero attached hydrogens (tertiary/aromatic N) is 1. The highest BCUT2D eigenvalue weighted by molar-refractivity contribution is 5.96. The Morgan fingerprint density at radius 2 is 1.44 bits per heavy atom. The lowest BCUT2D eigenvalue weighted by molar-refractivity contribution is -0.384. The number of benzene rings is 2. The van der Waals surface area contributed by atoms with E-state index in [9.17, 15) is 24.5 Å². The monoisotopic (exact) mass is 373 g/mol. The average molecular weight is 373 g/mol. The molecule has 0 aliphatic carbocycles. The largest absolute Gasteiger partial charge is 0.481 e. The van der Waals surface area contributed by atoms with Crippen LogP contribution in [-0.4, -0.2) is 32.9 Å². The van der Waals surface area contributed by atoms with E-state index in [4.69, 9.17) is 10.2 Å². The zero-order valence-corrected chi connectivity index (χ0v) is 14.4. The van der Waals surface area contributed by atoms with E-state index in [1.165, 1.54) is 24.3 Å². The minimum absolute atomic E-state index is 0.00634. The van der Waals surface area contributed by atoms with Gasteiger partial charge in [0.25, 0.3) is 5.69 Å². The van der Waals surface area contributed by atoms with Crippen LogP contribution in [0, 0.1) is 10.1 Å². The summed E-state index contributed by atoms with van der Waals surface area (Å²) >= 11 is 0. The molecule has 2 N–H and O–H groups in total. The van der Waals surface area contributed by atoms with E-state index < -0.39 is 16.9 Å². The Kier molecular flexibility index (Phi) is 8.87. The predicted octanol–water partition coefficient (Wildman–Crippen LogP) is 3.35. The maximum atomic E-state index is 11.4. The number of ketones is 1. The van der Waals surface area contributed by atoms with Gasteiger partial charge in [-0.1, -0.05) is 42.5 Å². The van der Waals surface area contributed by atoms with E-state index in [-0.39, 0.29) is 24.3 Å². The highest BCUT2D eigenvalue weighted by Gasteiger charge is 2.06. The number of carbonyl (C=O) groups is 3. The Labute approximate surface area is 155 Å². The van der Waals surface area contributed by atoms with Crippen molar-refractivity contribution in [2.75, 3.05) is 0 Å². The van der Waals surface area contributed by atoms with E-state index in [1.54, 1.807) is 24.3 Å². The molecule has 0 unspecified atom stereocenters. The van der Waals surface area contributed by atoms with Crippen molar-refractivity contribution in [1.82, 2.24) is 0 Å². The molecule has 142 valence electrons. The number of aliphatic carboxylic acids is 2. The molecule has 0 fully saturated rings. The normalized spacial score (nSPS) is 9.63. The van der Waals surface area contributed by atoms with Gasteiger partial charge in [0.15, 0.2) is 5.78 Å². The third kappa shape index (κ3) is 8.92. The maximum absolute atomic E-state index is 11.4. The van der Waals surface area contributed by atoms with E-state index in [1.807, 2.05) is 6.07 Å². The van der Waals surface area contributed by atoms with Crippen LogP contribution in [0.1, 0.15) is 35.2 Å². The number of hydrogen-bond acceptors (Lipinski definition) is 5. The first-order valence-corrected chi connectivity index (χ1v) is 8.04. The van der Waals surface area contributed by atoms with Gasteiger partial charge in [0.05, 0.1) is 11.3 Å². The molecule has 0 saturated carbocycles. The summed E-state index contributed by atoms with van der Waals surface area (Å²) in [6.07, 6.45) is 0.649. The van der Waals surface area contributed by atoms with E-state index in [0.717, 1.165) is 0 Å². The number of rotatable bonds is 8. The number of nitro groups is 1. The minimum atomic E-state index is -0.950. The highest BCUT2D eigenvalue weighted by Crippen LogP contribution is 2.12. The van der Waals surface area contributed by atoms with Crippen molar-refractivity contribution in [3.05, 3.63) is 75.8 Å². The van der Waals surface area contributed by atoms with Crippen LogP contribution in [0.2, 0.25) is 0 Å². The minimum Gasteiger partial charge on any atom is -0.481 e. The lowest BCUT2D eigenvalue weighted by Crippen LogP contribution is -2.01. The molecule has 2 aromatic carbocycles. The first-order chi connectivity index (χ1) is 12.8. The summed E-state index contributed by atoms with van der Waals surface area (Å²) in [5.41, 5.74) is 1.17. The van der Waals surface area contributed by atoms with Gasteiger partial charge in [-0.05, 0) is 12.0 Å². The van der Waals surface area contributed by atoms with Crippen molar-refractivity contribution < 1.29 is 29.5 Å². The van der Waals surface area contributed by atoms with Gasteiger partial charge in [0, 0.05) is 30.5 Å². The van der Waals surface area contributed by atoms with Crippen LogP contribution < -0.4 is 0 Å². The van der Waals surface area contributed by atoms with E-state index in [2.05, 4.69) is 0 Å². The zero-order chi connectivity index (χ0) is 20.2. The molecule has 8 heteroatoms. The molecule has 27 heavy (non-hydrogen) atoms. The molecule has 0 saturated heterocycles. The van der Waals surface area contributed by atoms with Gasteiger partial charge in [0.2, 0.25) is 0 Å². The Balaban J connectivity index is 0.000000271. The summed E-state index contributed by atoms with van der Waals surface area (Å²) in [6.45, 7) is 0. The van der Waals surface area contributed by atoms with E-state index >= 15 is 0 Å². The Bertz CT molecular complexity index is 785. The Morgan fingerprint density at radius 1 is 0.852 bits per heavy atom. The molecule has 2 aromatic rings. The van der Waals surface area contributed by atoms with Crippen molar-refractivity contribution in [2.45, 2.75) is 25.7 Å². The fraction of sp³-hybridized carbons (Fsp3) is 0.211. The molecule has 8 nitrogen and oxygen atoms in total. The third-order valence-corrected chi connectivity index (χ3v) is 3.39. The van der Waals surface area contributed by atoms with Gasteiger partial charge in [0.1, 0.15) is 0 Å². The van der Waals surface area contributed by atoms with Crippen LogP contribution in [0.4, 0.5) is 5.69 Å². The summed E-state index contributed by atoms with van der Waals surface area (Å²) < 4.78 is 0. The van der Waals surface area contributed by atoms with Crippen molar-refractivity contribution in [3.63, 3.8) is 0 Å². The Hall–Kier alpha value is -3.55. The highest BCUT2D eigenvalue weighted by atomic mass is 16.6. The number of Topliss-reactive ketones (excluding diaryl/α,β-unsaturated/α-hetero) is 1. The summed E-state index contributed by atoms with van der Waals surface area (Å²) in [7, 11) is 0. The van der Waals surface area contributed by atoms with Crippen LogP contribution in [0.15, 0.2) is 54.6 Å². The number of hydrogen-bond donors (Lipinski definition) is 2. The smallest absolute Gasteiger partial charge is 0.307 e. The van der Waals surface area contributed by atoms with Crippen LogP contribution in [-0.2, 0) is 16.0 Å². The number of nitro benzene ring substituents is 1. The number of carbonyl (C=O) groups excluding carboxylic acids is 1. The summed E-state index contributed by atoms with van der Waals surface area (Å²) in [5.74, 6) is -1.80. The van der Waals surface area contributed by atoms with Crippen LogP contribution in [0.3, 0.4) is 0 Å². The fourth-order valence-electron chi connectivity index (χ4n) is 2.08. The van der Waals surface area contributed by atoms with Gasteiger partial charge in [-0.25, -0.2) is 0 Å². The number of carboxylic acid groups (broad SMARTS) is 2. The standard InChI is InChI=1S/C11H12O3.C8H7NO4/c12-10(7-4-8-11(13)14)9-5-2-1-3-6-9;10-8(11)5-6-1-3-7(4-2-6)9(12)13/h1-3,5-6H,4,7-8H2,(H,13,14);1-4H,5H2,(H,10,11). The van der Waals surface area contributed by atoms with Crippen molar-refractivity contribution >= 4 is 23.4 Å². The number of carboxylic acids is 2. The predicted molar refractivity (Wildman–Crippen MR) is 96.7 cm³/mol. The zero-order valence-electron chi connectivity index (χ0n) is 14.4. The van der Waals surface area contributed by atoms with Crippen LogP contribution in [0.25, 0.3) is 0 Å². The molecular weight excluding hydrogens is 354 g/mol. The van der Waals surface area contributed by atoms with Crippen LogP contribution >= 0.6 is 0 Å². The fourth-order valence-corrected chi connectivity index (χ4v) is 2.08. The van der Waals surface area contributed by atoms with Gasteiger partial charge < -0.3 is 10.2 Å². The maximum Gasteiger partial charge on any atom is 0.307 e. The van der Waals surface area contributed by atoms with Crippen molar-refractivity contribution in [2.24, 2.45) is 0 Å². The molecule has 0 amide bonds. The van der Waals surface area contributed by atoms with Crippen LogP contribution in [0.5, 0.6) is 0 Å². The molecule has 2 rings (SSSR count). The molecule has 0 aliphatic heterocycles. The second-order valence-corrected chi connectivity index (χ2v) is 5.53.